The van der Waals surface area contributed by atoms with Crippen LogP contribution in [0.2, 0.25) is 0 Å². The van der Waals surface area contributed by atoms with E-state index in [1.54, 1.807) is 0 Å². The molecule has 1 heterocycles. The quantitative estimate of drug-likeness (QED) is 0.639. The van der Waals surface area contributed by atoms with E-state index in [2.05, 4.69) is 16.2 Å². The van der Waals surface area contributed by atoms with E-state index in [1.807, 2.05) is 12.1 Å². The van der Waals surface area contributed by atoms with Crippen LogP contribution >= 0.6 is 0 Å². The topological polar surface area (TPSA) is 38.9 Å². The fourth-order valence-electron chi connectivity index (χ4n) is 2.17. The van der Waals surface area contributed by atoms with Crippen molar-refractivity contribution >= 4 is 13.6 Å². The van der Waals surface area contributed by atoms with Crippen LogP contribution in [-0.2, 0) is 12.8 Å². The Morgan fingerprint density at radius 1 is 1.27 bits per heavy atom. The Morgan fingerprint density at radius 2 is 2.20 bits per heavy atom. The summed E-state index contributed by atoms with van der Waals surface area (Å²) >= 11 is 0. The molecule has 2 aromatic rings. The standard InChI is InChI=1S/C11H9BN2O/c12-11-13-10(14-15-11)9-6-2-4-7-3-1-5-8(7)9/h2,4,6H,1,3,5H2. The molecule has 4 heteroatoms. The number of hydrogen-bond donors (Lipinski definition) is 0. The zero-order valence-electron chi connectivity index (χ0n) is 8.23. The number of benzene rings is 1. The highest BCUT2D eigenvalue weighted by atomic mass is 16.5. The number of hydrogen-bond acceptors (Lipinski definition) is 3. The molecule has 1 aliphatic carbocycles. The highest BCUT2D eigenvalue weighted by Gasteiger charge is 2.17. The van der Waals surface area contributed by atoms with Gasteiger partial charge >= 0.3 is 0 Å². The summed E-state index contributed by atoms with van der Waals surface area (Å²) in [5.41, 5.74) is 3.81. The van der Waals surface area contributed by atoms with E-state index in [1.165, 1.54) is 17.5 Å². The van der Waals surface area contributed by atoms with Crippen LogP contribution in [-0.4, -0.2) is 18.0 Å². The monoisotopic (exact) mass is 196 g/mol. The third-order valence-corrected chi connectivity index (χ3v) is 2.83. The average Bonchev–Trinajstić information content (AvgIpc) is 2.84. The van der Waals surface area contributed by atoms with Crippen molar-refractivity contribution in [2.24, 2.45) is 0 Å². The fourth-order valence-corrected chi connectivity index (χ4v) is 2.17. The number of aryl methyl sites for hydroxylation is 1. The number of aromatic nitrogens is 2. The van der Waals surface area contributed by atoms with Gasteiger partial charge in [0.05, 0.1) is 0 Å². The second-order valence-corrected chi connectivity index (χ2v) is 3.75. The van der Waals surface area contributed by atoms with Crippen molar-refractivity contribution in [3.05, 3.63) is 29.3 Å². The molecule has 0 bridgehead atoms. The minimum Gasteiger partial charge on any atom is -0.352 e. The van der Waals surface area contributed by atoms with Gasteiger partial charge < -0.3 is 4.52 Å². The number of fused-ring (bicyclic) bond motifs is 1. The molecule has 15 heavy (non-hydrogen) atoms. The number of rotatable bonds is 1. The summed E-state index contributed by atoms with van der Waals surface area (Å²) in [5, 5.41) is 3.85. The molecule has 0 spiro atoms. The first kappa shape index (κ1) is 8.71. The van der Waals surface area contributed by atoms with Crippen molar-refractivity contribution in [2.45, 2.75) is 19.3 Å². The molecule has 0 atom stereocenters. The van der Waals surface area contributed by atoms with Gasteiger partial charge in [0.2, 0.25) is 13.7 Å². The van der Waals surface area contributed by atoms with Gasteiger partial charge in [0.15, 0.2) is 5.79 Å². The normalized spacial score (nSPS) is 14.1. The van der Waals surface area contributed by atoms with Crippen LogP contribution in [0.1, 0.15) is 17.5 Å². The number of nitrogens with zero attached hydrogens (tertiary/aromatic N) is 2. The van der Waals surface area contributed by atoms with Crippen molar-refractivity contribution < 1.29 is 4.52 Å². The molecule has 0 saturated carbocycles. The summed E-state index contributed by atoms with van der Waals surface area (Å²) in [7, 11) is 5.42. The summed E-state index contributed by atoms with van der Waals surface area (Å²) < 4.78 is 4.80. The van der Waals surface area contributed by atoms with Crippen molar-refractivity contribution in [3.8, 4) is 11.4 Å². The zero-order valence-corrected chi connectivity index (χ0v) is 8.23. The van der Waals surface area contributed by atoms with E-state index < -0.39 is 0 Å². The van der Waals surface area contributed by atoms with Gasteiger partial charge in [-0.05, 0) is 30.4 Å². The van der Waals surface area contributed by atoms with Crippen LogP contribution < -0.4 is 5.79 Å². The largest absolute Gasteiger partial charge is 0.352 e. The lowest BCUT2D eigenvalue weighted by atomic mass is 10.0. The molecule has 72 valence electrons. The average molecular weight is 196 g/mol. The Balaban J connectivity index is 2.16. The lowest BCUT2D eigenvalue weighted by Crippen LogP contribution is -2.01. The predicted molar refractivity (Wildman–Crippen MR) is 57.1 cm³/mol. The van der Waals surface area contributed by atoms with Gasteiger partial charge in [0, 0.05) is 5.56 Å². The van der Waals surface area contributed by atoms with Crippen LogP contribution in [0, 0.1) is 0 Å². The molecule has 2 radical (unpaired) electrons. The molecule has 0 aliphatic heterocycles. The third kappa shape index (κ3) is 1.37. The molecule has 1 aromatic carbocycles. The first-order valence-electron chi connectivity index (χ1n) is 5.05. The Kier molecular flexibility index (Phi) is 1.87. The summed E-state index contributed by atoms with van der Waals surface area (Å²) in [4.78, 5) is 4.06. The van der Waals surface area contributed by atoms with Gasteiger partial charge in [0.1, 0.15) is 0 Å². The maximum absolute atomic E-state index is 5.42. The lowest BCUT2D eigenvalue weighted by Gasteiger charge is -2.03. The fraction of sp³-hybridized carbons (Fsp3) is 0.273. The lowest BCUT2D eigenvalue weighted by molar-refractivity contribution is 0.447. The van der Waals surface area contributed by atoms with E-state index in [4.69, 9.17) is 12.4 Å². The van der Waals surface area contributed by atoms with E-state index in [0.717, 1.165) is 18.4 Å². The van der Waals surface area contributed by atoms with Gasteiger partial charge in [-0.15, -0.1) is 0 Å². The molecule has 0 unspecified atom stereocenters. The molecule has 0 saturated heterocycles. The highest BCUT2D eigenvalue weighted by molar-refractivity contribution is 6.28. The van der Waals surface area contributed by atoms with Gasteiger partial charge in [-0.2, -0.15) is 0 Å². The van der Waals surface area contributed by atoms with Crippen molar-refractivity contribution in [3.63, 3.8) is 0 Å². The zero-order chi connectivity index (χ0) is 10.3. The molecule has 0 amide bonds. The Labute approximate surface area is 88.9 Å². The maximum atomic E-state index is 5.42. The molecule has 3 nitrogen and oxygen atoms in total. The molecular formula is C11H9BN2O. The highest BCUT2D eigenvalue weighted by Crippen LogP contribution is 2.30. The maximum Gasteiger partial charge on any atom is 0.201 e. The van der Waals surface area contributed by atoms with Crippen molar-refractivity contribution in [1.29, 1.82) is 0 Å². The Bertz CT molecular complexity index is 507. The SMILES string of the molecule is [B]c1nc(-c2cccc3c2CCC3)no1. The molecular weight excluding hydrogens is 187 g/mol. The second-order valence-electron chi connectivity index (χ2n) is 3.75. The first-order valence-corrected chi connectivity index (χ1v) is 5.05. The van der Waals surface area contributed by atoms with Gasteiger partial charge in [0.25, 0.3) is 0 Å². The summed E-state index contributed by atoms with van der Waals surface area (Å²) in [5.74, 6) is 0.729. The van der Waals surface area contributed by atoms with Crippen LogP contribution in [0.4, 0.5) is 0 Å². The Morgan fingerprint density at radius 3 is 3.00 bits per heavy atom. The summed E-state index contributed by atoms with van der Waals surface area (Å²) in [6.45, 7) is 0. The van der Waals surface area contributed by atoms with Crippen LogP contribution in [0.25, 0.3) is 11.4 Å². The van der Waals surface area contributed by atoms with Gasteiger partial charge in [-0.1, -0.05) is 23.4 Å². The molecule has 1 aliphatic rings. The Hall–Kier alpha value is -1.58. The van der Waals surface area contributed by atoms with Crippen molar-refractivity contribution in [1.82, 2.24) is 10.1 Å². The van der Waals surface area contributed by atoms with E-state index in [9.17, 15) is 0 Å². The van der Waals surface area contributed by atoms with E-state index >= 15 is 0 Å². The first-order chi connectivity index (χ1) is 7.34. The van der Waals surface area contributed by atoms with Crippen LogP contribution in [0.15, 0.2) is 22.7 Å². The predicted octanol–water partition coefficient (Wildman–Crippen LogP) is 1.02. The van der Waals surface area contributed by atoms with E-state index in [0.29, 0.717) is 5.82 Å². The molecule has 0 N–H and O–H groups in total. The van der Waals surface area contributed by atoms with E-state index in [-0.39, 0.29) is 5.79 Å². The van der Waals surface area contributed by atoms with Crippen LogP contribution in [0.3, 0.4) is 0 Å². The molecule has 1 aromatic heterocycles. The summed E-state index contributed by atoms with van der Waals surface area (Å²) in [6.07, 6.45) is 3.45. The summed E-state index contributed by atoms with van der Waals surface area (Å²) in [6, 6.07) is 6.22. The van der Waals surface area contributed by atoms with Gasteiger partial charge in [-0.3, -0.25) is 0 Å². The second kappa shape index (κ2) is 3.23. The smallest absolute Gasteiger partial charge is 0.201 e. The van der Waals surface area contributed by atoms with Gasteiger partial charge in [-0.25, -0.2) is 4.98 Å². The molecule has 0 fully saturated rings. The van der Waals surface area contributed by atoms with Crippen LogP contribution in [0.5, 0.6) is 0 Å². The molecule has 3 rings (SSSR count). The third-order valence-electron chi connectivity index (χ3n) is 2.83. The van der Waals surface area contributed by atoms with Crippen molar-refractivity contribution in [2.75, 3.05) is 0 Å². The minimum atomic E-state index is 0.126. The minimum absolute atomic E-state index is 0.126.